The van der Waals surface area contributed by atoms with Gasteiger partial charge in [0.1, 0.15) is 24.7 Å². The minimum Gasteiger partial charge on any atom is -0.493 e. The summed E-state index contributed by atoms with van der Waals surface area (Å²) < 4.78 is 21.7. The van der Waals surface area contributed by atoms with Gasteiger partial charge in [-0.15, -0.1) is 0 Å². The first-order chi connectivity index (χ1) is 11.6. The lowest BCUT2D eigenvalue weighted by atomic mass is 10.2. The lowest BCUT2D eigenvalue weighted by Gasteiger charge is -2.20. The number of furan rings is 1. The van der Waals surface area contributed by atoms with Crippen LogP contribution in [0.4, 0.5) is 0 Å². The van der Waals surface area contributed by atoms with Crippen LogP contribution in [-0.4, -0.2) is 32.4 Å². The molecule has 0 radical (unpaired) electrons. The molecule has 0 fully saturated rings. The van der Waals surface area contributed by atoms with Gasteiger partial charge in [-0.1, -0.05) is 0 Å². The third-order valence-electron chi connectivity index (χ3n) is 3.52. The smallest absolute Gasteiger partial charge is 0.274 e. The van der Waals surface area contributed by atoms with Crippen LogP contribution >= 0.6 is 0 Å². The number of aryl methyl sites for hydroxylation is 2. The topological polar surface area (TPSA) is 82.3 Å². The Balaban J connectivity index is 1.75. The molecule has 1 aliphatic heterocycles. The van der Waals surface area contributed by atoms with Crippen molar-refractivity contribution < 1.29 is 23.4 Å². The summed E-state index contributed by atoms with van der Waals surface area (Å²) in [6.45, 7) is 4.48. The van der Waals surface area contributed by atoms with Gasteiger partial charge in [0, 0.05) is 5.56 Å². The molecule has 0 aliphatic carbocycles. The zero-order chi connectivity index (χ0) is 17.1. The minimum absolute atomic E-state index is 0.329. The molecule has 2 heterocycles. The van der Waals surface area contributed by atoms with Crippen molar-refractivity contribution >= 4 is 12.1 Å². The average molecular weight is 330 g/mol. The number of methoxy groups -OCH3 is 1. The Morgan fingerprint density at radius 3 is 2.75 bits per heavy atom. The van der Waals surface area contributed by atoms with Crippen LogP contribution in [0.15, 0.2) is 27.7 Å². The van der Waals surface area contributed by atoms with Crippen LogP contribution < -0.4 is 19.6 Å². The zero-order valence-electron chi connectivity index (χ0n) is 13.7. The monoisotopic (exact) mass is 330 g/mol. The molecular weight excluding hydrogens is 312 g/mol. The van der Waals surface area contributed by atoms with Gasteiger partial charge in [-0.3, -0.25) is 4.79 Å². The molecule has 2 aromatic rings. The fraction of sp³-hybridized carbons (Fsp3) is 0.294. The number of rotatable bonds is 4. The van der Waals surface area contributed by atoms with E-state index in [1.807, 2.05) is 0 Å². The van der Waals surface area contributed by atoms with Crippen molar-refractivity contribution in [2.45, 2.75) is 13.8 Å². The van der Waals surface area contributed by atoms with E-state index in [-0.39, 0.29) is 5.91 Å². The quantitative estimate of drug-likeness (QED) is 0.688. The molecular formula is C17H18N2O5. The Kier molecular flexibility index (Phi) is 4.41. The molecule has 1 aromatic heterocycles. The number of hydrogen-bond donors (Lipinski definition) is 1. The molecule has 3 rings (SSSR count). The molecule has 7 nitrogen and oxygen atoms in total. The van der Waals surface area contributed by atoms with E-state index in [4.69, 9.17) is 18.6 Å². The molecule has 0 spiro atoms. The number of nitrogens with one attached hydrogen (secondary N) is 1. The van der Waals surface area contributed by atoms with E-state index in [0.717, 1.165) is 5.56 Å². The summed E-state index contributed by atoms with van der Waals surface area (Å²) in [5, 5.41) is 3.97. The molecule has 1 N–H and O–H groups in total. The molecule has 1 amide bonds. The average Bonchev–Trinajstić information content (AvgIpc) is 2.92. The molecule has 0 saturated heterocycles. The zero-order valence-corrected chi connectivity index (χ0v) is 13.7. The van der Waals surface area contributed by atoms with Crippen molar-refractivity contribution in [1.29, 1.82) is 0 Å². The second-order valence-corrected chi connectivity index (χ2v) is 5.27. The second kappa shape index (κ2) is 6.66. The first-order valence-electron chi connectivity index (χ1n) is 7.46. The number of ether oxygens (including phenoxy) is 3. The molecule has 0 atom stereocenters. The van der Waals surface area contributed by atoms with E-state index in [9.17, 15) is 4.79 Å². The van der Waals surface area contributed by atoms with E-state index in [0.29, 0.717) is 47.5 Å². The number of hydrogen-bond acceptors (Lipinski definition) is 6. The normalized spacial score (nSPS) is 13.1. The number of hydrazone groups is 1. The summed E-state index contributed by atoms with van der Waals surface area (Å²) in [5.41, 5.74) is 3.66. The lowest BCUT2D eigenvalue weighted by molar-refractivity contribution is 0.0953. The van der Waals surface area contributed by atoms with Crippen LogP contribution in [-0.2, 0) is 0 Å². The van der Waals surface area contributed by atoms with E-state index < -0.39 is 0 Å². The van der Waals surface area contributed by atoms with Gasteiger partial charge >= 0.3 is 0 Å². The van der Waals surface area contributed by atoms with Crippen LogP contribution in [0.25, 0.3) is 0 Å². The third-order valence-corrected chi connectivity index (χ3v) is 3.52. The largest absolute Gasteiger partial charge is 0.493 e. The minimum atomic E-state index is -0.329. The van der Waals surface area contributed by atoms with Crippen LogP contribution in [0.3, 0.4) is 0 Å². The molecule has 7 heteroatoms. The molecule has 0 bridgehead atoms. The summed E-state index contributed by atoms with van der Waals surface area (Å²) in [4.78, 5) is 12.1. The van der Waals surface area contributed by atoms with Gasteiger partial charge in [-0.2, -0.15) is 5.10 Å². The summed E-state index contributed by atoms with van der Waals surface area (Å²) in [6.07, 6.45) is 1.51. The van der Waals surface area contributed by atoms with E-state index in [2.05, 4.69) is 10.5 Å². The summed E-state index contributed by atoms with van der Waals surface area (Å²) in [7, 11) is 1.56. The molecule has 0 saturated carbocycles. The van der Waals surface area contributed by atoms with Crippen LogP contribution in [0.5, 0.6) is 17.2 Å². The summed E-state index contributed by atoms with van der Waals surface area (Å²) >= 11 is 0. The third kappa shape index (κ3) is 3.19. The van der Waals surface area contributed by atoms with Crippen LogP contribution in [0.2, 0.25) is 0 Å². The van der Waals surface area contributed by atoms with Crippen molar-refractivity contribution in [2.75, 3.05) is 20.3 Å². The molecule has 126 valence electrons. The summed E-state index contributed by atoms with van der Waals surface area (Å²) in [5.74, 6) is 2.63. The maximum absolute atomic E-state index is 12.1. The lowest BCUT2D eigenvalue weighted by Crippen LogP contribution is -2.18. The highest BCUT2D eigenvalue weighted by atomic mass is 16.6. The Morgan fingerprint density at radius 2 is 2.04 bits per heavy atom. The summed E-state index contributed by atoms with van der Waals surface area (Å²) in [6, 6.07) is 5.21. The maximum atomic E-state index is 12.1. The number of benzene rings is 1. The highest BCUT2D eigenvalue weighted by molar-refractivity contribution is 5.96. The first kappa shape index (κ1) is 15.9. The van der Waals surface area contributed by atoms with Crippen molar-refractivity contribution in [2.24, 2.45) is 5.10 Å². The first-order valence-corrected chi connectivity index (χ1v) is 7.46. The Hall–Kier alpha value is -2.96. The van der Waals surface area contributed by atoms with Crippen molar-refractivity contribution in [3.8, 4) is 17.2 Å². The van der Waals surface area contributed by atoms with Crippen molar-refractivity contribution in [3.63, 3.8) is 0 Å². The van der Waals surface area contributed by atoms with Gasteiger partial charge < -0.3 is 18.6 Å². The number of fused-ring (bicyclic) bond motifs is 1. The number of amides is 1. The standard InChI is InChI=1S/C17H18N2O5/c1-10-6-13(11(2)24-10)17(20)19-18-9-12-7-14(21-3)16-15(8-12)22-4-5-23-16/h6-9H,4-5H2,1-3H3,(H,19,20)/b18-9-. The highest BCUT2D eigenvalue weighted by Crippen LogP contribution is 2.39. The van der Waals surface area contributed by atoms with Crippen molar-refractivity contribution in [3.05, 3.63) is 40.8 Å². The Bertz CT molecular complexity index is 777. The fourth-order valence-electron chi connectivity index (χ4n) is 2.45. The van der Waals surface area contributed by atoms with Gasteiger partial charge in [-0.25, -0.2) is 5.43 Å². The fourth-order valence-corrected chi connectivity index (χ4v) is 2.45. The Morgan fingerprint density at radius 1 is 1.25 bits per heavy atom. The highest BCUT2D eigenvalue weighted by Gasteiger charge is 2.18. The predicted molar refractivity (Wildman–Crippen MR) is 87.2 cm³/mol. The molecule has 0 unspecified atom stereocenters. The van der Waals surface area contributed by atoms with Gasteiger partial charge in [0.15, 0.2) is 11.5 Å². The Labute approximate surface area is 139 Å². The van der Waals surface area contributed by atoms with Gasteiger partial charge in [0.25, 0.3) is 5.91 Å². The molecule has 1 aromatic carbocycles. The van der Waals surface area contributed by atoms with E-state index in [1.54, 1.807) is 39.2 Å². The van der Waals surface area contributed by atoms with E-state index >= 15 is 0 Å². The number of carbonyl (C=O) groups excluding carboxylic acids is 1. The SMILES string of the molecule is COc1cc(/C=N\NC(=O)c2cc(C)oc2C)cc2c1OCCO2. The molecule has 1 aliphatic rings. The van der Waals surface area contributed by atoms with Gasteiger partial charge in [0.2, 0.25) is 5.75 Å². The van der Waals surface area contributed by atoms with Crippen molar-refractivity contribution in [1.82, 2.24) is 5.43 Å². The van der Waals surface area contributed by atoms with Crippen LogP contribution in [0, 0.1) is 13.8 Å². The second-order valence-electron chi connectivity index (χ2n) is 5.27. The maximum Gasteiger partial charge on any atom is 0.274 e. The number of nitrogens with zero attached hydrogens (tertiary/aromatic N) is 1. The molecule has 24 heavy (non-hydrogen) atoms. The predicted octanol–water partition coefficient (Wildman–Crippen LogP) is 2.44. The van der Waals surface area contributed by atoms with Crippen LogP contribution in [0.1, 0.15) is 27.4 Å². The van der Waals surface area contributed by atoms with Gasteiger partial charge in [-0.05, 0) is 32.0 Å². The van der Waals surface area contributed by atoms with E-state index in [1.165, 1.54) is 6.21 Å². The van der Waals surface area contributed by atoms with Gasteiger partial charge in [0.05, 0.1) is 18.9 Å². The number of carbonyl (C=O) groups is 1.